The van der Waals surface area contributed by atoms with Crippen LogP contribution in [0, 0.1) is 16.7 Å². The highest BCUT2D eigenvalue weighted by atomic mass is 35.5. The third-order valence-electron chi connectivity index (χ3n) is 4.32. The zero-order valence-electron chi connectivity index (χ0n) is 13.2. The van der Waals surface area contributed by atoms with Crippen molar-refractivity contribution in [3.05, 3.63) is 28.8 Å². The molecule has 1 N–H and O–H groups in total. The van der Waals surface area contributed by atoms with Crippen molar-refractivity contribution >= 4 is 23.2 Å². The predicted octanol–water partition coefficient (Wildman–Crippen LogP) is 3.81. The minimum atomic E-state index is -0.121. The lowest BCUT2D eigenvalue weighted by atomic mass is 9.78. The predicted molar refractivity (Wildman–Crippen MR) is 88.6 cm³/mol. The number of likely N-dealkylation sites (tertiary alicyclic amines) is 1. The Morgan fingerprint density at radius 1 is 1.45 bits per heavy atom. The molecule has 1 saturated heterocycles. The largest absolute Gasteiger partial charge is 0.325 e. The quantitative estimate of drug-likeness (QED) is 0.918. The van der Waals surface area contributed by atoms with E-state index in [0.717, 1.165) is 38.0 Å². The first-order chi connectivity index (χ1) is 10.4. The molecular weight excluding hydrogens is 298 g/mol. The van der Waals surface area contributed by atoms with Gasteiger partial charge in [-0.3, -0.25) is 9.69 Å². The highest BCUT2D eigenvalue weighted by Crippen LogP contribution is 2.34. The molecule has 1 amide bonds. The van der Waals surface area contributed by atoms with E-state index in [0.29, 0.717) is 17.1 Å². The molecule has 5 heteroatoms. The van der Waals surface area contributed by atoms with Crippen LogP contribution in [0.1, 0.15) is 38.7 Å². The average molecular weight is 320 g/mol. The maximum Gasteiger partial charge on any atom is 0.221 e. The Bertz CT molecular complexity index is 586. The maximum atomic E-state index is 11.2. The Morgan fingerprint density at radius 2 is 2.14 bits per heavy atom. The Morgan fingerprint density at radius 3 is 2.73 bits per heavy atom. The molecule has 0 aromatic heterocycles. The van der Waals surface area contributed by atoms with Crippen LogP contribution in [0.4, 0.5) is 5.69 Å². The van der Waals surface area contributed by atoms with Gasteiger partial charge < -0.3 is 5.32 Å². The summed E-state index contributed by atoms with van der Waals surface area (Å²) < 4.78 is 0. The molecule has 0 radical (unpaired) electrons. The summed E-state index contributed by atoms with van der Waals surface area (Å²) in [6, 6.07) is 8.06. The normalized spacial score (nSPS) is 17.7. The maximum absolute atomic E-state index is 11.2. The molecule has 0 atom stereocenters. The van der Waals surface area contributed by atoms with Gasteiger partial charge in [-0.05, 0) is 49.0 Å². The molecule has 2 rings (SSSR count). The summed E-state index contributed by atoms with van der Waals surface area (Å²) in [5, 5.41) is 12.2. The first kappa shape index (κ1) is 16.8. The van der Waals surface area contributed by atoms with E-state index in [9.17, 15) is 4.79 Å². The molecule has 0 unspecified atom stereocenters. The fraction of sp³-hybridized carbons (Fsp3) is 0.529. The number of anilines is 1. The number of hydrogen-bond acceptors (Lipinski definition) is 3. The van der Waals surface area contributed by atoms with Crippen molar-refractivity contribution < 1.29 is 4.79 Å². The number of hydrogen-bond donors (Lipinski definition) is 1. The van der Waals surface area contributed by atoms with E-state index in [2.05, 4.69) is 23.2 Å². The first-order valence-corrected chi connectivity index (χ1v) is 7.95. The van der Waals surface area contributed by atoms with Crippen molar-refractivity contribution in [1.82, 2.24) is 4.90 Å². The van der Waals surface area contributed by atoms with Crippen molar-refractivity contribution in [2.75, 3.05) is 18.4 Å². The molecule has 0 spiro atoms. The molecule has 0 aliphatic carbocycles. The number of carbonyl (C=O) groups is 1. The van der Waals surface area contributed by atoms with Gasteiger partial charge in [-0.15, -0.1) is 0 Å². The second-order valence-electron chi connectivity index (χ2n) is 6.42. The molecule has 1 aliphatic heterocycles. The summed E-state index contributed by atoms with van der Waals surface area (Å²) in [7, 11) is 0. The van der Waals surface area contributed by atoms with E-state index in [4.69, 9.17) is 16.9 Å². The van der Waals surface area contributed by atoms with E-state index >= 15 is 0 Å². The summed E-state index contributed by atoms with van der Waals surface area (Å²) in [4.78, 5) is 13.6. The van der Waals surface area contributed by atoms with E-state index in [1.54, 1.807) is 0 Å². The second kappa shape index (κ2) is 7.13. The topological polar surface area (TPSA) is 56.1 Å². The number of nitriles is 1. The van der Waals surface area contributed by atoms with Crippen LogP contribution >= 0.6 is 11.6 Å². The van der Waals surface area contributed by atoms with E-state index < -0.39 is 0 Å². The van der Waals surface area contributed by atoms with Crippen LogP contribution in [0.3, 0.4) is 0 Å². The third-order valence-corrected chi connectivity index (χ3v) is 4.65. The van der Waals surface area contributed by atoms with Gasteiger partial charge in [-0.2, -0.15) is 5.26 Å². The second-order valence-corrected chi connectivity index (χ2v) is 6.82. The van der Waals surface area contributed by atoms with Gasteiger partial charge in [0.25, 0.3) is 0 Å². The third kappa shape index (κ3) is 4.46. The van der Waals surface area contributed by atoms with Crippen LogP contribution in [0.15, 0.2) is 18.2 Å². The molecule has 1 aromatic carbocycles. The number of carbonyl (C=O) groups excluding carboxylic acids is 1. The first-order valence-electron chi connectivity index (χ1n) is 7.57. The number of nitrogens with zero attached hydrogens (tertiary/aromatic N) is 2. The highest BCUT2D eigenvalue weighted by Gasteiger charge is 2.29. The Hall–Kier alpha value is -1.57. The molecule has 0 saturated carbocycles. The summed E-state index contributed by atoms with van der Waals surface area (Å²) >= 11 is 6.10. The average Bonchev–Trinajstić information content (AvgIpc) is 2.45. The molecule has 1 aliphatic rings. The lowest BCUT2D eigenvalue weighted by molar-refractivity contribution is -0.114. The van der Waals surface area contributed by atoms with Crippen LogP contribution in [0.25, 0.3) is 0 Å². The minimum absolute atomic E-state index is 0.121. The Balaban J connectivity index is 1.98. The number of piperidine rings is 1. The van der Waals surface area contributed by atoms with Crippen LogP contribution in [0.2, 0.25) is 5.02 Å². The zero-order valence-corrected chi connectivity index (χ0v) is 13.9. The van der Waals surface area contributed by atoms with Gasteiger partial charge in [0.1, 0.15) is 0 Å². The standard InChI is InChI=1S/C17H22ClN3O/c1-13(22)20-16-11-14(3-4-15(16)18)12-21-9-6-17(2,5-8-19)7-10-21/h3-4,11H,5-7,9-10,12H2,1-2H3,(H,20,22). The fourth-order valence-electron chi connectivity index (χ4n) is 2.83. The molecule has 1 fully saturated rings. The van der Waals surface area contributed by atoms with E-state index in [-0.39, 0.29) is 11.3 Å². The van der Waals surface area contributed by atoms with Gasteiger partial charge in [0.2, 0.25) is 5.91 Å². The van der Waals surface area contributed by atoms with Gasteiger partial charge >= 0.3 is 0 Å². The Labute approximate surface area is 137 Å². The zero-order chi connectivity index (χ0) is 16.2. The van der Waals surface area contributed by atoms with Crippen molar-refractivity contribution in [3.8, 4) is 6.07 Å². The molecule has 1 aromatic rings. The molecule has 118 valence electrons. The molecule has 0 bridgehead atoms. The number of halogens is 1. The molecular formula is C17H22ClN3O. The van der Waals surface area contributed by atoms with Gasteiger partial charge in [0.15, 0.2) is 0 Å². The van der Waals surface area contributed by atoms with E-state index in [1.807, 2.05) is 18.2 Å². The number of rotatable bonds is 4. The fourth-order valence-corrected chi connectivity index (χ4v) is 3.00. The van der Waals surface area contributed by atoms with Crippen LogP contribution in [-0.4, -0.2) is 23.9 Å². The summed E-state index contributed by atoms with van der Waals surface area (Å²) in [6.45, 7) is 6.51. The van der Waals surface area contributed by atoms with Gasteiger partial charge in [-0.1, -0.05) is 24.6 Å². The number of nitrogens with one attached hydrogen (secondary N) is 1. The lowest BCUT2D eigenvalue weighted by Gasteiger charge is -2.38. The molecule has 22 heavy (non-hydrogen) atoms. The number of benzene rings is 1. The monoisotopic (exact) mass is 319 g/mol. The summed E-state index contributed by atoms with van der Waals surface area (Å²) in [5.74, 6) is -0.121. The SMILES string of the molecule is CC(=O)Nc1cc(CN2CCC(C)(CC#N)CC2)ccc1Cl. The van der Waals surface area contributed by atoms with Crippen LogP contribution in [0.5, 0.6) is 0 Å². The van der Waals surface area contributed by atoms with Crippen molar-refractivity contribution in [1.29, 1.82) is 5.26 Å². The summed E-state index contributed by atoms with van der Waals surface area (Å²) in [5.41, 5.74) is 1.96. The lowest BCUT2D eigenvalue weighted by Crippen LogP contribution is -2.38. The Kier molecular flexibility index (Phi) is 5.44. The van der Waals surface area contributed by atoms with Crippen molar-refractivity contribution in [2.24, 2.45) is 5.41 Å². The van der Waals surface area contributed by atoms with E-state index in [1.165, 1.54) is 6.92 Å². The molecule has 4 nitrogen and oxygen atoms in total. The highest BCUT2D eigenvalue weighted by molar-refractivity contribution is 6.33. The van der Waals surface area contributed by atoms with Crippen molar-refractivity contribution in [2.45, 2.75) is 39.7 Å². The van der Waals surface area contributed by atoms with Gasteiger partial charge in [0, 0.05) is 19.9 Å². The smallest absolute Gasteiger partial charge is 0.221 e. The van der Waals surface area contributed by atoms with Crippen molar-refractivity contribution in [3.63, 3.8) is 0 Å². The summed E-state index contributed by atoms with van der Waals surface area (Å²) in [6.07, 6.45) is 2.73. The minimum Gasteiger partial charge on any atom is -0.325 e. The molecule has 1 heterocycles. The number of amides is 1. The van der Waals surface area contributed by atoms with Gasteiger partial charge in [0.05, 0.1) is 16.8 Å². The van der Waals surface area contributed by atoms with Crippen LogP contribution < -0.4 is 5.32 Å². The van der Waals surface area contributed by atoms with Gasteiger partial charge in [-0.25, -0.2) is 0 Å². The van der Waals surface area contributed by atoms with Crippen LogP contribution in [-0.2, 0) is 11.3 Å².